The van der Waals surface area contributed by atoms with Gasteiger partial charge in [-0.2, -0.15) is 5.10 Å². The monoisotopic (exact) mass is 439 g/mol. The number of nitrogens with zero attached hydrogens (tertiary/aromatic N) is 1. The number of hydrogen-bond acceptors (Lipinski definition) is 4. The van der Waals surface area contributed by atoms with E-state index in [1.54, 1.807) is 54.6 Å². The van der Waals surface area contributed by atoms with Crippen LogP contribution < -0.4 is 10.7 Å². The maximum atomic E-state index is 12.7. The Morgan fingerprint density at radius 2 is 1.39 bits per heavy atom. The van der Waals surface area contributed by atoms with Gasteiger partial charge in [0, 0.05) is 5.56 Å². The van der Waals surface area contributed by atoms with E-state index in [0.29, 0.717) is 11.1 Å². The molecule has 0 aromatic heterocycles. The summed E-state index contributed by atoms with van der Waals surface area (Å²) in [4.78, 5) is 36.1. The first-order chi connectivity index (χ1) is 16.0. The topological polar surface area (TPSA) is 108 Å². The maximum Gasteiger partial charge on any atom is 0.335 e. The zero-order valence-corrected chi connectivity index (χ0v) is 17.5. The summed E-state index contributed by atoms with van der Waals surface area (Å²) in [7, 11) is 0. The Labute approximate surface area is 190 Å². The molecule has 0 atom stereocenters. The molecule has 0 radical (unpaired) electrons. The molecule has 0 aliphatic rings. The average molecular weight is 439 g/mol. The summed E-state index contributed by atoms with van der Waals surface area (Å²) >= 11 is 0. The zero-order chi connectivity index (χ0) is 23.5. The third kappa shape index (κ3) is 7.15. The van der Waals surface area contributed by atoms with E-state index in [4.69, 9.17) is 5.11 Å². The molecule has 3 N–H and O–H groups in total. The van der Waals surface area contributed by atoms with Crippen LogP contribution in [0.4, 0.5) is 0 Å². The molecule has 0 spiro atoms. The fraction of sp³-hybridized carbons (Fsp3) is 0. The summed E-state index contributed by atoms with van der Waals surface area (Å²) in [6.07, 6.45) is 6.32. The molecule has 164 valence electrons. The van der Waals surface area contributed by atoms with Gasteiger partial charge in [0.15, 0.2) is 0 Å². The summed E-state index contributed by atoms with van der Waals surface area (Å²) in [5.74, 6) is -2.08. The predicted octanol–water partition coefficient (Wildman–Crippen LogP) is 3.86. The molecule has 3 rings (SSSR count). The molecule has 7 nitrogen and oxygen atoms in total. The number of aromatic carboxylic acids is 1. The Bertz CT molecular complexity index is 1200. The molecule has 33 heavy (non-hydrogen) atoms. The molecule has 0 aliphatic carbocycles. The van der Waals surface area contributed by atoms with Crippen LogP contribution in [0.2, 0.25) is 0 Å². The fourth-order valence-corrected chi connectivity index (χ4v) is 2.72. The van der Waals surface area contributed by atoms with E-state index in [9.17, 15) is 14.4 Å². The van der Waals surface area contributed by atoms with Crippen molar-refractivity contribution in [2.75, 3.05) is 0 Å². The van der Waals surface area contributed by atoms with Crippen molar-refractivity contribution in [3.8, 4) is 0 Å². The van der Waals surface area contributed by atoms with Crippen molar-refractivity contribution in [2.24, 2.45) is 5.10 Å². The second-order valence-electron chi connectivity index (χ2n) is 6.80. The van der Waals surface area contributed by atoms with Gasteiger partial charge in [-0.1, -0.05) is 72.8 Å². The summed E-state index contributed by atoms with van der Waals surface area (Å²) in [6.45, 7) is 0. The van der Waals surface area contributed by atoms with Crippen molar-refractivity contribution in [3.05, 3.63) is 125 Å². The number of rotatable bonds is 8. The van der Waals surface area contributed by atoms with Crippen molar-refractivity contribution in [3.63, 3.8) is 0 Å². The molecule has 3 aromatic rings. The smallest absolute Gasteiger partial charge is 0.335 e. The van der Waals surface area contributed by atoms with Crippen LogP contribution in [0, 0.1) is 0 Å². The number of benzene rings is 3. The average Bonchev–Trinajstić information content (AvgIpc) is 2.84. The lowest BCUT2D eigenvalue weighted by molar-refractivity contribution is -0.117. The molecule has 3 aromatic carbocycles. The van der Waals surface area contributed by atoms with Gasteiger partial charge in [0.25, 0.3) is 11.8 Å². The molecule has 0 bridgehead atoms. The summed E-state index contributed by atoms with van der Waals surface area (Å²) in [5.41, 5.74) is 4.47. The first-order valence-electron chi connectivity index (χ1n) is 9.99. The van der Waals surface area contributed by atoms with Gasteiger partial charge in [0.05, 0.1) is 11.8 Å². The number of nitrogens with one attached hydrogen (secondary N) is 2. The van der Waals surface area contributed by atoms with Crippen LogP contribution in [0.3, 0.4) is 0 Å². The molecule has 0 saturated heterocycles. The Balaban J connectivity index is 1.73. The number of carboxylic acid groups (broad SMARTS) is 1. The highest BCUT2D eigenvalue weighted by atomic mass is 16.4. The maximum absolute atomic E-state index is 12.7. The van der Waals surface area contributed by atoms with E-state index >= 15 is 0 Å². The molecule has 0 saturated carbocycles. The van der Waals surface area contributed by atoms with Gasteiger partial charge in [-0.3, -0.25) is 9.59 Å². The molecular formula is C26H21N3O4. The van der Waals surface area contributed by atoms with E-state index in [1.807, 2.05) is 30.3 Å². The van der Waals surface area contributed by atoms with Gasteiger partial charge in [-0.05, 0) is 41.5 Å². The number of amides is 2. The molecule has 0 fully saturated rings. The second-order valence-corrected chi connectivity index (χ2v) is 6.80. The first-order valence-corrected chi connectivity index (χ1v) is 9.99. The van der Waals surface area contributed by atoms with E-state index in [2.05, 4.69) is 15.8 Å². The lowest BCUT2D eigenvalue weighted by Gasteiger charge is -2.08. The van der Waals surface area contributed by atoms with Gasteiger partial charge in [0.1, 0.15) is 5.70 Å². The van der Waals surface area contributed by atoms with Crippen LogP contribution >= 0.6 is 0 Å². The van der Waals surface area contributed by atoms with Gasteiger partial charge < -0.3 is 10.4 Å². The third-order valence-corrected chi connectivity index (χ3v) is 4.42. The Kier molecular flexibility index (Phi) is 8.03. The Morgan fingerprint density at radius 1 is 0.758 bits per heavy atom. The Hall–Kier alpha value is -4.78. The van der Waals surface area contributed by atoms with Gasteiger partial charge in [-0.15, -0.1) is 0 Å². The molecule has 0 heterocycles. The van der Waals surface area contributed by atoms with E-state index < -0.39 is 17.8 Å². The van der Waals surface area contributed by atoms with Crippen molar-refractivity contribution >= 4 is 30.1 Å². The minimum absolute atomic E-state index is 0.00871. The van der Waals surface area contributed by atoms with E-state index in [-0.39, 0.29) is 11.3 Å². The van der Waals surface area contributed by atoms with E-state index in [0.717, 1.165) is 5.56 Å². The van der Waals surface area contributed by atoms with Crippen LogP contribution in [0.15, 0.2) is 108 Å². The normalized spacial score (nSPS) is 11.5. The molecule has 0 unspecified atom stereocenters. The number of hydrogen-bond donors (Lipinski definition) is 3. The minimum atomic E-state index is -1.03. The SMILES string of the molecule is O=C(NN=Cc1ccc(C(=O)O)cc1)C(=CC=Cc1ccccc1)NC(=O)c1ccccc1. The molecular weight excluding hydrogens is 418 g/mol. The standard InChI is InChI=1S/C26H21N3O4/c30-24(21-11-5-2-6-12-21)28-23(13-7-10-19-8-3-1-4-9-19)25(31)29-27-18-20-14-16-22(17-15-20)26(32)33/h1-18H,(H,28,30)(H,29,31)(H,32,33). The zero-order valence-electron chi connectivity index (χ0n) is 17.5. The number of hydrazone groups is 1. The summed E-state index contributed by atoms with van der Waals surface area (Å²) in [6, 6.07) is 24.0. The van der Waals surface area contributed by atoms with Gasteiger partial charge in [-0.25, -0.2) is 10.2 Å². The summed E-state index contributed by atoms with van der Waals surface area (Å²) in [5, 5.41) is 15.4. The van der Waals surface area contributed by atoms with E-state index in [1.165, 1.54) is 24.4 Å². The third-order valence-electron chi connectivity index (χ3n) is 4.42. The van der Waals surface area contributed by atoms with Crippen molar-refractivity contribution in [1.82, 2.24) is 10.7 Å². The highest BCUT2D eigenvalue weighted by molar-refractivity contribution is 6.03. The quantitative estimate of drug-likeness (QED) is 0.214. The minimum Gasteiger partial charge on any atom is -0.478 e. The Morgan fingerprint density at radius 3 is 2.03 bits per heavy atom. The van der Waals surface area contributed by atoms with Crippen LogP contribution in [0.5, 0.6) is 0 Å². The lowest BCUT2D eigenvalue weighted by atomic mass is 10.1. The van der Waals surface area contributed by atoms with Gasteiger partial charge >= 0.3 is 5.97 Å². The highest BCUT2D eigenvalue weighted by Crippen LogP contribution is 2.05. The number of carboxylic acids is 1. The lowest BCUT2D eigenvalue weighted by Crippen LogP contribution is -2.32. The van der Waals surface area contributed by atoms with Crippen LogP contribution in [0.25, 0.3) is 6.08 Å². The van der Waals surface area contributed by atoms with Crippen LogP contribution in [0.1, 0.15) is 31.8 Å². The molecule has 0 aliphatic heterocycles. The first kappa shape index (κ1) is 22.9. The predicted molar refractivity (Wildman–Crippen MR) is 127 cm³/mol. The number of carbonyl (C=O) groups excluding carboxylic acids is 2. The molecule has 2 amide bonds. The van der Waals surface area contributed by atoms with Crippen molar-refractivity contribution < 1.29 is 19.5 Å². The van der Waals surface area contributed by atoms with Crippen LogP contribution in [-0.2, 0) is 4.79 Å². The number of allylic oxidation sites excluding steroid dienone is 2. The fourth-order valence-electron chi connectivity index (χ4n) is 2.72. The van der Waals surface area contributed by atoms with Gasteiger partial charge in [0.2, 0.25) is 0 Å². The second kappa shape index (κ2) is 11.6. The molecule has 7 heteroatoms. The highest BCUT2D eigenvalue weighted by Gasteiger charge is 2.13. The number of carbonyl (C=O) groups is 3. The summed E-state index contributed by atoms with van der Waals surface area (Å²) < 4.78 is 0. The van der Waals surface area contributed by atoms with Crippen LogP contribution in [-0.4, -0.2) is 29.1 Å². The largest absolute Gasteiger partial charge is 0.478 e. The van der Waals surface area contributed by atoms with Crippen molar-refractivity contribution in [2.45, 2.75) is 0 Å². The van der Waals surface area contributed by atoms with Crippen molar-refractivity contribution in [1.29, 1.82) is 0 Å².